The number of halogens is 2. The molecule has 4 heteroatoms. The third kappa shape index (κ3) is 1.72. The smallest absolute Gasteiger partial charge is 0.338 e. The van der Waals surface area contributed by atoms with Crippen molar-refractivity contribution in [1.29, 1.82) is 0 Å². The van der Waals surface area contributed by atoms with E-state index in [4.69, 9.17) is 4.74 Å². The zero-order valence-electron chi connectivity index (χ0n) is 9.09. The summed E-state index contributed by atoms with van der Waals surface area (Å²) in [5.74, 6) is -0.278. The van der Waals surface area contributed by atoms with Crippen LogP contribution in [0.25, 0.3) is 0 Å². The van der Waals surface area contributed by atoms with Gasteiger partial charge in [-0.25, -0.2) is 4.79 Å². The van der Waals surface area contributed by atoms with E-state index in [0.29, 0.717) is 5.56 Å². The number of alkyl halides is 2. The van der Waals surface area contributed by atoms with Crippen LogP contribution >= 0.6 is 31.9 Å². The molecule has 1 fully saturated rings. The molecule has 0 N–H and O–H groups in total. The number of benzene rings is 1. The van der Waals surface area contributed by atoms with E-state index in [2.05, 4.69) is 38.8 Å². The fourth-order valence-electron chi connectivity index (χ4n) is 1.94. The van der Waals surface area contributed by atoms with Gasteiger partial charge < -0.3 is 4.74 Å². The van der Waals surface area contributed by atoms with Crippen LogP contribution < -0.4 is 0 Å². The number of rotatable bonds is 2. The van der Waals surface area contributed by atoms with E-state index in [1.54, 1.807) is 6.07 Å². The monoisotopic (exact) mass is 346 g/mol. The molecule has 0 aliphatic heterocycles. The van der Waals surface area contributed by atoms with Gasteiger partial charge in [-0.3, -0.25) is 0 Å². The number of esters is 1. The number of carbonyl (C=O) groups is 1. The Labute approximate surface area is 112 Å². The van der Waals surface area contributed by atoms with Gasteiger partial charge in [-0.05, 0) is 18.1 Å². The molecule has 0 heterocycles. The molecule has 16 heavy (non-hydrogen) atoms. The summed E-state index contributed by atoms with van der Waals surface area (Å²) in [6.07, 6.45) is 0.952. The Morgan fingerprint density at radius 3 is 2.44 bits per heavy atom. The molecule has 1 aliphatic rings. The number of carbonyl (C=O) groups excluding carboxylic acids is 1. The van der Waals surface area contributed by atoms with Gasteiger partial charge in [0.15, 0.2) is 0 Å². The Morgan fingerprint density at radius 2 is 1.94 bits per heavy atom. The van der Waals surface area contributed by atoms with Crippen molar-refractivity contribution in [1.82, 2.24) is 0 Å². The lowest BCUT2D eigenvalue weighted by atomic mass is 9.93. The highest BCUT2D eigenvalue weighted by atomic mass is 79.9. The fraction of sp³-hybridized carbons (Fsp3) is 0.417. The molecule has 0 amide bonds. The van der Waals surface area contributed by atoms with Crippen molar-refractivity contribution in [2.24, 2.45) is 0 Å². The second kappa shape index (κ2) is 3.84. The average molecular weight is 348 g/mol. The molecular weight excluding hydrogens is 336 g/mol. The molecule has 2 rings (SSSR count). The predicted octanol–water partition coefficient (Wildman–Crippen LogP) is 3.62. The first-order chi connectivity index (χ1) is 7.42. The third-order valence-electron chi connectivity index (χ3n) is 3.18. The molecule has 1 saturated carbocycles. The van der Waals surface area contributed by atoms with Gasteiger partial charge in [0.2, 0.25) is 0 Å². The molecule has 0 radical (unpaired) electrons. The summed E-state index contributed by atoms with van der Waals surface area (Å²) in [5.41, 5.74) is 1.61. The van der Waals surface area contributed by atoms with E-state index in [-0.39, 0.29) is 14.6 Å². The minimum Gasteiger partial charge on any atom is -0.465 e. The zero-order chi connectivity index (χ0) is 12.0. The summed E-state index contributed by atoms with van der Waals surface area (Å²) in [4.78, 5) is 11.7. The highest BCUT2D eigenvalue weighted by Crippen LogP contribution is 2.67. The van der Waals surface area contributed by atoms with Crippen molar-refractivity contribution >= 4 is 37.8 Å². The highest BCUT2D eigenvalue weighted by Gasteiger charge is 2.63. The molecular formula is C12H12Br2O2. The Kier molecular flexibility index (Phi) is 2.91. The summed E-state index contributed by atoms with van der Waals surface area (Å²) >= 11 is 7.23. The zero-order valence-corrected chi connectivity index (χ0v) is 12.3. The molecule has 0 spiro atoms. The van der Waals surface area contributed by atoms with E-state index in [9.17, 15) is 4.79 Å². The van der Waals surface area contributed by atoms with Crippen LogP contribution in [0.1, 0.15) is 29.3 Å². The van der Waals surface area contributed by atoms with Crippen molar-refractivity contribution in [2.45, 2.75) is 22.0 Å². The van der Waals surface area contributed by atoms with Crippen molar-refractivity contribution in [3.63, 3.8) is 0 Å². The van der Waals surface area contributed by atoms with Crippen LogP contribution in [0.15, 0.2) is 24.3 Å². The topological polar surface area (TPSA) is 26.3 Å². The number of hydrogen-bond donors (Lipinski definition) is 0. The van der Waals surface area contributed by atoms with E-state index >= 15 is 0 Å². The van der Waals surface area contributed by atoms with Crippen LogP contribution in [0.2, 0.25) is 0 Å². The number of hydrogen-bond acceptors (Lipinski definition) is 2. The molecule has 0 saturated heterocycles. The summed E-state index contributed by atoms with van der Waals surface area (Å²) < 4.78 is 4.70. The standard InChI is InChI=1S/C12H12Br2O2/c1-11(7-12(11,13)14)9-6-4-3-5-8(9)10(15)16-2/h3-6H,7H2,1-2H3. The van der Waals surface area contributed by atoms with E-state index in [1.807, 2.05) is 18.2 Å². The maximum Gasteiger partial charge on any atom is 0.338 e. The molecule has 86 valence electrons. The van der Waals surface area contributed by atoms with Gasteiger partial charge in [0.1, 0.15) is 0 Å². The maximum atomic E-state index is 11.7. The summed E-state index contributed by atoms with van der Waals surface area (Å²) in [6.45, 7) is 2.12. The van der Waals surface area contributed by atoms with Crippen molar-refractivity contribution in [2.75, 3.05) is 7.11 Å². The first-order valence-corrected chi connectivity index (χ1v) is 6.56. The van der Waals surface area contributed by atoms with Gasteiger partial charge in [-0.1, -0.05) is 57.0 Å². The SMILES string of the molecule is COC(=O)c1ccccc1C1(C)CC1(Br)Br. The van der Waals surface area contributed by atoms with Crippen molar-refractivity contribution < 1.29 is 9.53 Å². The second-order valence-electron chi connectivity index (χ2n) is 4.25. The van der Waals surface area contributed by atoms with Gasteiger partial charge in [0, 0.05) is 5.41 Å². The molecule has 1 unspecified atom stereocenters. The fourth-order valence-corrected chi connectivity index (χ4v) is 3.49. The quantitative estimate of drug-likeness (QED) is 0.603. The van der Waals surface area contributed by atoms with Gasteiger partial charge in [-0.15, -0.1) is 0 Å². The summed E-state index contributed by atoms with van der Waals surface area (Å²) in [7, 11) is 1.41. The highest BCUT2D eigenvalue weighted by molar-refractivity contribution is 9.25. The van der Waals surface area contributed by atoms with Crippen molar-refractivity contribution in [3.8, 4) is 0 Å². The Hall–Kier alpha value is -0.350. The third-order valence-corrected chi connectivity index (χ3v) is 5.50. The molecule has 1 aliphatic carbocycles. The minimum atomic E-state index is -0.278. The summed E-state index contributed by atoms with van der Waals surface area (Å²) in [5, 5.41) is 0. The first-order valence-electron chi connectivity index (χ1n) is 4.98. The number of methoxy groups -OCH3 is 1. The van der Waals surface area contributed by atoms with Gasteiger partial charge in [0.25, 0.3) is 0 Å². The molecule has 0 bridgehead atoms. The van der Waals surface area contributed by atoms with Gasteiger partial charge in [0.05, 0.1) is 15.9 Å². The van der Waals surface area contributed by atoms with Gasteiger partial charge >= 0.3 is 5.97 Å². The minimum absolute atomic E-state index is 0.0578. The predicted molar refractivity (Wildman–Crippen MR) is 70.3 cm³/mol. The van der Waals surface area contributed by atoms with Crippen LogP contribution in [0.5, 0.6) is 0 Å². The molecule has 1 aromatic carbocycles. The van der Waals surface area contributed by atoms with Crippen LogP contribution in [0.4, 0.5) is 0 Å². The largest absolute Gasteiger partial charge is 0.465 e. The molecule has 1 aromatic rings. The van der Waals surface area contributed by atoms with Crippen LogP contribution in [0, 0.1) is 0 Å². The van der Waals surface area contributed by atoms with E-state index in [0.717, 1.165) is 12.0 Å². The van der Waals surface area contributed by atoms with Crippen LogP contribution in [-0.2, 0) is 10.2 Å². The Morgan fingerprint density at radius 1 is 1.38 bits per heavy atom. The van der Waals surface area contributed by atoms with Crippen LogP contribution in [0.3, 0.4) is 0 Å². The second-order valence-corrected chi connectivity index (χ2v) is 8.02. The average Bonchev–Trinajstić information content (AvgIpc) is 2.78. The lowest BCUT2D eigenvalue weighted by molar-refractivity contribution is 0.0598. The van der Waals surface area contributed by atoms with E-state index in [1.165, 1.54) is 7.11 Å². The lowest BCUT2D eigenvalue weighted by Gasteiger charge is -2.16. The van der Waals surface area contributed by atoms with Crippen LogP contribution in [-0.4, -0.2) is 16.3 Å². The lowest BCUT2D eigenvalue weighted by Crippen LogP contribution is -2.15. The first kappa shape index (κ1) is 12.1. The van der Waals surface area contributed by atoms with Crippen molar-refractivity contribution in [3.05, 3.63) is 35.4 Å². The molecule has 1 atom stereocenters. The van der Waals surface area contributed by atoms with E-state index < -0.39 is 0 Å². The normalized spacial score (nSPS) is 26.2. The molecule has 2 nitrogen and oxygen atoms in total. The summed E-state index contributed by atoms with van der Waals surface area (Å²) in [6, 6.07) is 7.59. The number of ether oxygens (including phenoxy) is 1. The Balaban J connectivity index is 2.47. The van der Waals surface area contributed by atoms with Gasteiger partial charge in [-0.2, -0.15) is 0 Å². The molecule has 0 aromatic heterocycles. The maximum absolute atomic E-state index is 11.7. The Bertz CT molecular complexity index is 442.